The summed E-state index contributed by atoms with van der Waals surface area (Å²) < 4.78 is 15.7. The van der Waals surface area contributed by atoms with Crippen molar-refractivity contribution in [3.05, 3.63) is 77.7 Å². The first-order chi connectivity index (χ1) is 18.5. The molecule has 1 fully saturated rings. The highest BCUT2D eigenvalue weighted by Gasteiger charge is 2.26. The number of benzene rings is 2. The van der Waals surface area contributed by atoms with Gasteiger partial charge in [0.25, 0.3) is 5.91 Å². The molecule has 9 nitrogen and oxygen atoms in total. The number of carbonyl (C=O) groups is 2. The van der Waals surface area contributed by atoms with Crippen LogP contribution in [-0.4, -0.2) is 49.2 Å². The van der Waals surface area contributed by atoms with Gasteiger partial charge in [-0.05, 0) is 42.7 Å². The molecule has 1 saturated carbocycles. The summed E-state index contributed by atoms with van der Waals surface area (Å²) >= 11 is 0. The van der Waals surface area contributed by atoms with Gasteiger partial charge in [0.1, 0.15) is 17.2 Å². The van der Waals surface area contributed by atoms with Crippen LogP contribution in [0.4, 0.5) is 5.69 Å². The van der Waals surface area contributed by atoms with E-state index in [1.165, 1.54) is 7.11 Å². The van der Waals surface area contributed by atoms with Crippen molar-refractivity contribution in [3.8, 4) is 22.6 Å². The van der Waals surface area contributed by atoms with Gasteiger partial charge in [0, 0.05) is 47.6 Å². The molecule has 1 aliphatic carbocycles. The summed E-state index contributed by atoms with van der Waals surface area (Å²) in [6.07, 6.45) is 5.16. The molecule has 0 radical (unpaired) electrons. The van der Waals surface area contributed by atoms with Gasteiger partial charge in [-0.2, -0.15) is 0 Å². The fourth-order valence-electron chi connectivity index (χ4n) is 4.18. The van der Waals surface area contributed by atoms with Crippen molar-refractivity contribution in [2.24, 2.45) is 0 Å². The third-order valence-corrected chi connectivity index (χ3v) is 6.44. The van der Waals surface area contributed by atoms with E-state index in [0.717, 1.165) is 40.7 Å². The highest BCUT2D eigenvalue weighted by molar-refractivity contribution is 6.08. The van der Waals surface area contributed by atoms with E-state index in [1.54, 1.807) is 38.7 Å². The summed E-state index contributed by atoms with van der Waals surface area (Å²) in [4.78, 5) is 33.8. The topological polar surface area (TPSA) is 112 Å². The molecule has 0 atom stereocenters. The zero-order chi connectivity index (χ0) is 26.6. The maximum Gasteiger partial charge on any atom is 0.356 e. The number of fused-ring (bicyclic) bond motifs is 1. The van der Waals surface area contributed by atoms with Crippen LogP contribution >= 0.6 is 0 Å². The highest BCUT2D eigenvalue weighted by atomic mass is 16.5. The number of rotatable bonds is 9. The monoisotopic (exact) mass is 512 g/mol. The van der Waals surface area contributed by atoms with Crippen LogP contribution < -0.4 is 20.1 Å². The molecular weight excluding hydrogens is 484 g/mol. The molecule has 1 aliphatic rings. The first-order valence-corrected chi connectivity index (χ1v) is 12.2. The van der Waals surface area contributed by atoms with Gasteiger partial charge in [0.05, 0.1) is 38.1 Å². The molecule has 0 bridgehead atoms. The summed E-state index contributed by atoms with van der Waals surface area (Å²) in [6.45, 7) is 0.490. The minimum atomic E-state index is -0.512. The number of esters is 1. The van der Waals surface area contributed by atoms with Gasteiger partial charge >= 0.3 is 5.97 Å². The van der Waals surface area contributed by atoms with Gasteiger partial charge < -0.3 is 24.8 Å². The maximum absolute atomic E-state index is 13.2. The molecule has 4 aromatic rings. The molecule has 9 heteroatoms. The Morgan fingerprint density at radius 1 is 0.947 bits per heavy atom. The second kappa shape index (κ2) is 10.8. The molecule has 0 saturated heterocycles. The molecule has 2 heterocycles. The molecule has 0 spiro atoms. The van der Waals surface area contributed by atoms with Gasteiger partial charge in [0.15, 0.2) is 0 Å². The van der Waals surface area contributed by atoms with Crippen LogP contribution in [0.3, 0.4) is 0 Å². The number of nitrogens with zero attached hydrogens (tertiary/aromatic N) is 2. The minimum absolute atomic E-state index is 0.166. The number of carbonyl (C=O) groups excluding carboxylic acids is 2. The quantitative estimate of drug-likeness (QED) is 0.313. The van der Waals surface area contributed by atoms with E-state index in [2.05, 4.69) is 20.6 Å². The van der Waals surface area contributed by atoms with E-state index in [-0.39, 0.29) is 17.6 Å². The van der Waals surface area contributed by atoms with Gasteiger partial charge in [-0.1, -0.05) is 18.2 Å². The number of hydrogen-bond acceptors (Lipinski definition) is 8. The summed E-state index contributed by atoms with van der Waals surface area (Å²) in [5.74, 6) is 0.688. The van der Waals surface area contributed by atoms with E-state index < -0.39 is 5.97 Å². The SMILES string of the molecule is COC(=O)c1ccc(-c2cc3c(NCc4ccc(OC)cc4)c(C(=O)NC4CC4)cnc3cc2OC)cn1. The molecule has 38 heavy (non-hydrogen) atoms. The lowest BCUT2D eigenvalue weighted by atomic mass is 10.0. The average molecular weight is 513 g/mol. The second-order valence-electron chi connectivity index (χ2n) is 8.99. The number of pyridine rings is 2. The van der Waals surface area contributed by atoms with Crippen LogP contribution in [0.1, 0.15) is 39.3 Å². The lowest BCUT2D eigenvalue weighted by molar-refractivity contribution is 0.0594. The zero-order valence-electron chi connectivity index (χ0n) is 21.4. The zero-order valence-corrected chi connectivity index (χ0v) is 21.4. The molecule has 2 aromatic heterocycles. The normalized spacial score (nSPS) is 12.6. The fraction of sp³-hybridized carbons (Fsp3) is 0.241. The Morgan fingerprint density at radius 3 is 2.37 bits per heavy atom. The largest absolute Gasteiger partial charge is 0.497 e. The third kappa shape index (κ3) is 5.22. The predicted octanol–water partition coefficient (Wildman–Crippen LogP) is 4.60. The molecular formula is C29H28N4O5. The van der Waals surface area contributed by atoms with Crippen LogP contribution in [0.15, 0.2) is 60.9 Å². The smallest absolute Gasteiger partial charge is 0.356 e. The number of hydrogen-bond donors (Lipinski definition) is 2. The van der Waals surface area contributed by atoms with Crippen LogP contribution in [0.2, 0.25) is 0 Å². The summed E-state index contributed by atoms with van der Waals surface area (Å²) in [6, 6.07) is 15.1. The number of methoxy groups -OCH3 is 3. The molecule has 0 unspecified atom stereocenters. The van der Waals surface area contributed by atoms with Crippen LogP contribution in [0.25, 0.3) is 22.0 Å². The van der Waals surface area contributed by atoms with Gasteiger partial charge in [-0.15, -0.1) is 0 Å². The second-order valence-corrected chi connectivity index (χ2v) is 8.99. The van der Waals surface area contributed by atoms with Gasteiger partial charge in [-0.25, -0.2) is 9.78 Å². The van der Waals surface area contributed by atoms with Gasteiger partial charge in [0.2, 0.25) is 0 Å². The van der Waals surface area contributed by atoms with Crippen molar-refractivity contribution in [1.29, 1.82) is 0 Å². The van der Waals surface area contributed by atoms with E-state index in [1.807, 2.05) is 36.4 Å². The van der Waals surface area contributed by atoms with Crippen molar-refractivity contribution < 1.29 is 23.8 Å². The Hall–Kier alpha value is -4.66. The average Bonchev–Trinajstić information content (AvgIpc) is 3.78. The number of aromatic nitrogens is 2. The molecule has 2 aromatic carbocycles. The summed E-state index contributed by atoms with van der Waals surface area (Å²) in [7, 11) is 4.53. The third-order valence-electron chi connectivity index (χ3n) is 6.44. The number of anilines is 1. The molecule has 2 N–H and O–H groups in total. The highest BCUT2D eigenvalue weighted by Crippen LogP contribution is 2.37. The predicted molar refractivity (Wildman–Crippen MR) is 144 cm³/mol. The maximum atomic E-state index is 13.2. The van der Waals surface area contributed by atoms with Crippen LogP contribution in [0, 0.1) is 0 Å². The Kier molecular flexibility index (Phi) is 7.08. The molecule has 0 aliphatic heterocycles. The van der Waals surface area contributed by atoms with Crippen LogP contribution in [0.5, 0.6) is 11.5 Å². The van der Waals surface area contributed by atoms with Crippen LogP contribution in [-0.2, 0) is 11.3 Å². The Morgan fingerprint density at radius 2 is 1.74 bits per heavy atom. The Bertz CT molecular complexity index is 1480. The molecule has 1 amide bonds. The number of amides is 1. The lowest BCUT2D eigenvalue weighted by Crippen LogP contribution is -2.26. The van der Waals surface area contributed by atoms with E-state index in [4.69, 9.17) is 14.2 Å². The van der Waals surface area contributed by atoms with E-state index in [9.17, 15) is 9.59 Å². The Balaban J connectivity index is 1.58. The van der Waals surface area contributed by atoms with Crippen molar-refractivity contribution in [1.82, 2.24) is 15.3 Å². The van der Waals surface area contributed by atoms with Crippen molar-refractivity contribution >= 4 is 28.5 Å². The number of nitrogens with one attached hydrogen (secondary N) is 2. The van der Waals surface area contributed by atoms with Crippen molar-refractivity contribution in [2.75, 3.05) is 26.6 Å². The van der Waals surface area contributed by atoms with E-state index in [0.29, 0.717) is 29.1 Å². The van der Waals surface area contributed by atoms with Crippen molar-refractivity contribution in [3.63, 3.8) is 0 Å². The fourth-order valence-corrected chi connectivity index (χ4v) is 4.18. The number of ether oxygens (including phenoxy) is 3. The van der Waals surface area contributed by atoms with E-state index >= 15 is 0 Å². The lowest BCUT2D eigenvalue weighted by Gasteiger charge is -2.17. The van der Waals surface area contributed by atoms with Crippen molar-refractivity contribution in [2.45, 2.75) is 25.4 Å². The first kappa shape index (κ1) is 25.0. The summed E-state index contributed by atoms with van der Waals surface area (Å²) in [5.41, 5.74) is 4.53. The molecule has 194 valence electrons. The summed E-state index contributed by atoms with van der Waals surface area (Å²) in [5, 5.41) is 7.30. The Labute approximate surface area is 220 Å². The molecule has 5 rings (SSSR count). The first-order valence-electron chi connectivity index (χ1n) is 12.2. The van der Waals surface area contributed by atoms with Gasteiger partial charge in [-0.3, -0.25) is 9.78 Å². The minimum Gasteiger partial charge on any atom is -0.497 e. The standard InChI is InChI=1S/C29H28N4O5/c1-36-20-9-4-17(5-10-20)14-32-27-22-12-21(18-6-11-24(30-15-18)29(35)38-3)26(37-2)13-25(22)31-16-23(27)28(34)33-19-7-8-19/h4-6,9-13,15-16,19H,7-8,14H2,1-3H3,(H,31,32)(H,33,34).